The van der Waals surface area contributed by atoms with Crippen molar-refractivity contribution in [1.29, 1.82) is 0 Å². The molecule has 4 heteroatoms. The number of rotatable bonds is 2. The highest BCUT2D eigenvalue weighted by Crippen LogP contribution is 2.24. The minimum absolute atomic E-state index is 0.179. The summed E-state index contributed by atoms with van der Waals surface area (Å²) in [7, 11) is 1.72. The first-order chi connectivity index (χ1) is 9.34. The lowest BCUT2D eigenvalue weighted by molar-refractivity contribution is -0.131. The number of carboxylic acid groups (broad SMARTS) is 1. The highest BCUT2D eigenvalue weighted by Gasteiger charge is 2.12. The normalized spacial score (nSPS) is 11.4. The molecule has 20 heavy (non-hydrogen) atoms. The van der Waals surface area contributed by atoms with Gasteiger partial charge < -0.3 is 9.67 Å². The van der Waals surface area contributed by atoms with E-state index in [0.717, 1.165) is 33.7 Å². The lowest BCUT2D eigenvalue weighted by Gasteiger charge is -2.14. The van der Waals surface area contributed by atoms with Crippen molar-refractivity contribution in [2.75, 3.05) is 0 Å². The van der Waals surface area contributed by atoms with Crippen molar-refractivity contribution in [2.45, 2.75) is 20.8 Å². The number of carboxylic acids is 1. The van der Waals surface area contributed by atoms with E-state index in [1.54, 1.807) is 11.6 Å². The lowest BCUT2D eigenvalue weighted by atomic mass is 9.98. The number of hydrogen-bond acceptors (Lipinski definition) is 2. The summed E-state index contributed by atoms with van der Waals surface area (Å²) < 4.78 is 1.59. The molecule has 0 bridgehead atoms. The van der Waals surface area contributed by atoms with Crippen molar-refractivity contribution in [1.82, 2.24) is 4.57 Å². The molecule has 0 amide bonds. The van der Waals surface area contributed by atoms with Crippen LogP contribution >= 0.6 is 0 Å². The number of aliphatic carboxylic acids is 1. The van der Waals surface area contributed by atoms with Gasteiger partial charge in [-0.2, -0.15) is 0 Å². The van der Waals surface area contributed by atoms with Crippen LogP contribution in [0.4, 0.5) is 0 Å². The van der Waals surface area contributed by atoms with Gasteiger partial charge in [0.05, 0.1) is 5.52 Å². The summed E-state index contributed by atoms with van der Waals surface area (Å²) in [6.07, 6.45) is 2.37. The van der Waals surface area contributed by atoms with Crippen LogP contribution in [-0.2, 0) is 11.8 Å². The zero-order chi connectivity index (χ0) is 15.0. The number of aromatic nitrogens is 1. The third-order valence-electron chi connectivity index (χ3n) is 3.77. The molecule has 0 saturated heterocycles. The number of aryl methyl sites for hydroxylation is 4. The van der Waals surface area contributed by atoms with Gasteiger partial charge in [0.2, 0.25) is 0 Å². The van der Waals surface area contributed by atoms with Crippen LogP contribution < -0.4 is 5.56 Å². The Morgan fingerprint density at radius 2 is 1.85 bits per heavy atom. The summed E-state index contributed by atoms with van der Waals surface area (Å²) in [4.78, 5) is 23.0. The Morgan fingerprint density at radius 3 is 2.45 bits per heavy atom. The molecule has 0 aliphatic heterocycles. The maximum Gasteiger partial charge on any atom is 0.328 e. The smallest absolute Gasteiger partial charge is 0.328 e. The van der Waals surface area contributed by atoms with Crippen LogP contribution in [0.25, 0.3) is 17.0 Å². The van der Waals surface area contributed by atoms with E-state index in [9.17, 15) is 9.59 Å². The van der Waals surface area contributed by atoms with Gasteiger partial charge in [-0.05, 0) is 43.5 Å². The van der Waals surface area contributed by atoms with Crippen LogP contribution in [0.1, 0.15) is 22.3 Å². The van der Waals surface area contributed by atoms with Crippen LogP contribution in [-0.4, -0.2) is 15.6 Å². The van der Waals surface area contributed by atoms with E-state index in [1.165, 1.54) is 6.08 Å². The Balaban J connectivity index is 2.92. The molecule has 0 saturated carbocycles. The molecule has 2 aromatic rings. The minimum atomic E-state index is -1.06. The second kappa shape index (κ2) is 4.96. The highest BCUT2D eigenvalue weighted by atomic mass is 16.4. The number of carbonyl (C=O) groups is 1. The average Bonchev–Trinajstić information content (AvgIpc) is 2.39. The molecule has 0 spiro atoms. The first-order valence-electron chi connectivity index (χ1n) is 6.35. The summed E-state index contributed by atoms with van der Waals surface area (Å²) >= 11 is 0. The lowest BCUT2D eigenvalue weighted by Crippen LogP contribution is -2.22. The molecule has 1 N–H and O–H groups in total. The van der Waals surface area contributed by atoms with E-state index >= 15 is 0 Å². The van der Waals surface area contributed by atoms with Crippen LogP contribution in [0.3, 0.4) is 0 Å². The fourth-order valence-electron chi connectivity index (χ4n) is 2.47. The van der Waals surface area contributed by atoms with E-state index in [-0.39, 0.29) is 5.56 Å². The van der Waals surface area contributed by atoms with Gasteiger partial charge >= 0.3 is 5.97 Å². The first kappa shape index (κ1) is 14.1. The quantitative estimate of drug-likeness (QED) is 0.854. The van der Waals surface area contributed by atoms with Crippen molar-refractivity contribution in [3.63, 3.8) is 0 Å². The van der Waals surface area contributed by atoms with Crippen molar-refractivity contribution in [3.05, 3.63) is 50.8 Å². The summed E-state index contributed by atoms with van der Waals surface area (Å²) in [6, 6.07) is 3.99. The van der Waals surface area contributed by atoms with E-state index in [4.69, 9.17) is 5.11 Å². The molecule has 104 valence electrons. The standard InChI is InChI=1S/C16H17NO3/c1-9-5-6-12-11(3)13(7-8-14(18)19)16(20)17(4)15(12)10(9)2/h5-8H,1-4H3,(H,18,19)/b8-7+. The molecule has 0 radical (unpaired) electrons. The van der Waals surface area contributed by atoms with Gasteiger partial charge in [0.25, 0.3) is 5.56 Å². The van der Waals surface area contributed by atoms with Crippen LogP contribution in [0.15, 0.2) is 23.0 Å². The van der Waals surface area contributed by atoms with Crippen molar-refractivity contribution < 1.29 is 9.90 Å². The minimum Gasteiger partial charge on any atom is -0.478 e. The van der Waals surface area contributed by atoms with Gasteiger partial charge in [-0.1, -0.05) is 12.1 Å². The molecule has 1 heterocycles. The van der Waals surface area contributed by atoms with Gasteiger partial charge in [0.1, 0.15) is 0 Å². The predicted molar refractivity (Wildman–Crippen MR) is 80.1 cm³/mol. The third-order valence-corrected chi connectivity index (χ3v) is 3.77. The Bertz CT molecular complexity index is 798. The molecule has 1 aromatic carbocycles. The van der Waals surface area contributed by atoms with E-state index in [1.807, 2.05) is 32.9 Å². The molecule has 0 fully saturated rings. The summed E-state index contributed by atoms with van der Waals surface area (Å²) in [5, 5.41) is 9.70. The van der Waals surface area contributed by atoms with Gasteiger partial charge in [0, 0.05) is 24.1 Å². The van der Waals surface area contributed by atoms with Gasteiger partial charge in [-0.3, -0.25) is 4.79 Å². The molecular weight excluding hydrogens is 254 g/mol. The predicted octanol–water partition coefficient (Wildman–Crippen LogP) is 2.56. The van der Waals surface area contributed by atoms with Crippen LogP contribution in [0.2, 0.25) is 0 Å². The van der Waals surface area contributed by atoms with Gasteiger partial charge in [0.15, 0.2) is 0 Å². The number of fused-ring (bicyclic) bond motifs is 1. The van der Waals surface area contributed by atoms with Crippen LogP contribution in [0, 0.1) is 20.8 Å². The van der Waals surface area contributed by atoms with Crippen molar-refractivity contribution >= 4 is 22.9 Å². The monoisotopic (exact) mass is 271 g/mol. The molecule has 4 nitrogen and oxygen atoms in total. The third kappa shape index (κ3) is 2.13. The topological polar surface area (TPSA) is 59.3 Å². The average molecular weight is 271 g/mol. The van der Waals surface area contributed by atoms with Crippen molar-refractivity contribution in [2.24, 2.45) is 7.05 Å². The number of pyridine rings is 1. The fourth-order valence-corrected chi connectivity index (χ4v) is 2.47. The second-order valence-electron chi connectivity index (χ2n) is 4.98. The molecule has 2 rings (SSSR count). The van der Waals surface area contributed by atoms with E-state index < -0.39 is 5.97 Å². The largest absolute Gasteiger partial charge is 0.478 e. The number of benzene rings is 1. The summed E-state index contributed by atoms with van der Waals surface area (Å²) in [5.74, 6) is -1.06. The number of hydrogen-bond donors (Lipinski definition) is 1. The maximum atomic E-state index is 12.4. The van der Waals surface area contributed by atoms with Crippen LogP contribution in [0.5, 0.6) is 0 Å². The molecule has 0 aliphatic rings. The summed E-state index contributed by atoms with van der Waals surface area (Å²) in [5.41, 5.74) is 4.15. The Labute approximate surface area is 117 Å². The molecule has 0 unspecified atom stereocenters. The Hall–Kier alpha value is -2.36. The zero-order valence-electron chi connectivity index (χ0n) is 12.0. The fraction of sp³-hybridized carbons (Fsp3) is 0.250. The van der Waals surface area contributed by atoms with Gasteiger partial charge in [-0.25, -0.2) is 4.79 Å². The summed E-state index contributed by atoms with van der Waals surface area (Å²) in [6.45, 7) is 5.84. The molecule has 1 aromatic heterocycles. The zero-order valence-corrected chi connectivity index (χ0v) is 12.0. The highest BCUT2D eigenvalue weighted by molar-refractivity contribution is 5.91. The Kier molecular flexibility index (Phi) is 3.49. The first-order valence-corrected chi connectivity index (χ1v) is 6.35. The molecule has 0 aliphatic carbocycles. The number of nitrogens with zero attached hydrogens (tertiary/aromatic N) is 1. The van der Waals surface area contributed by atoms with Gasteiger partial charge in [-0.15, -0.1) is 0 Å². The Morgan fingerprint density at radius 1 is 1.20 bits per heavy atom. The molecular formula is C16H17NO3. The van der Waals surface area contributed by atoms with Crippen molar-refractivity contribution in [3.8, 4) is 0 Å². The maximum absolute atomic E-state index is 12.4. The molecule has 0 atom stereocenters. The SMILES string of the molecule is Cc1ccc2c(C)c(/C=C/C(=O)O)c(=O)n(C)c2c1C. The van der Waals surface area contributed by atoms with E-state index in [2.05, 4.69) is 0 Å². The van der Waals surface area contributed by atoms with E-state index in [0.29, 0.717) is 5.56 Å². The second-order valence-corrected chi connectivity index (χ2v) is 4.98.